The Morgan fingerprint density at radius 1 is 0.792 bits per heavy atom. The second kappa shape index (κ2) is 6.09. The molecule has 120 valence electrons. The number of rotatable bonds is 4. The van der Waals surface area contributed by atoms with E-state index in [0.29, 0.717) is 23.6 Å². The maximum Gasteiger partial charge on any atom is 0.234 e. The van der Waals surface area contributed by atoms with Gasteiger partial charge in [0.15, 0.2) is 5.82 Å². The van der Waals surface area contributed by atoms with Crippen molar-refractivity contribution in [2.45, 2.75) is 12.8 Å². The Labute approximate surface area is 140 Å². The number of halogens is 2. The van der Waals surface area contributed by atoms with Crippen LogP contribution in [0.4, 0.5) is 8.78 Å². The van der Waals surface area contributed by atoms with Gasteiger partial charge in [-0.25, -0.2) is 8.78 Å². The van der Waals surface area contributed by atoms with Crippen LogP contribution in [0.1, 0.15) is 22.0 Å². The standard InChI is InChI=1S/C17H12F2N4S/c18-13-5-1-11(2-6-13)9-15-20-21-17-23(15)22-16(24-17)10-12-3-7-14(19)8-4-12/h1-8H,9-10H2. The maximum absolute atomic E-state index is 13.0. The molecule has 0 aliphatic heterocycles. The molecule has 0 aliphatic carbocycles. The molecule has 4 aromatic rings. The molecule has 4 rings (SSSR count). The number of aromatic nitrogens is 4. The largest absolute Gasteiger partial charge is 0.234 e. The van der Waals surface area contributed by atoms with Crippen molar-refractivity contribution < 1.29 is 8.78 Å². The summed E-state index contributed by atoms with van der Waals surface area (Å²) in [6, 6.07) is 12.7. The Bertz CT molecular complexity index is 974. The van der Waals surface area contributed by atoms with E-state index in [4.69, 9.17) is 0 Å². The molecule has 0 spiro atoms. The normalized spacial score (nSPS) is 11.2. The predicted octanol–water partition coefficient (Wildman–Crippen LogP) is 3.65. The molecule has 0 atom stereocenters. The van der Waals surface area contributed by atoms with Crippen molar-refractivity contribution in [3.8, 4) is 0 Å². The van der Waals surface area contributed by atoms with E-state index >= 15 is 0 Å². The molecule has 0 N–H and O–H groups in total. The molecular weight excluding hydrogens is 330 g/mol. The van der Waals surface area contributed by atoms with Crippen LogP contribution >= 0.6 is 11.3 Å². The third-order valence-corrected chi connectivity index (χ3v) is 4.54. The Kier molecular flexibility index (Phi) is 3.78. The lowest BCUT2D eigenvalue weighted by Gasteiger charge is -1.99. The van der Waals surface area contributed by atoms with Gasteiger partial charge in [0.2, 0.25) is 4.96 Å². The van der Waals surface area contributed by atoms with Crippen LogP contribution in [-0.4, -0.2) is 19.8 Å². The minimum atomic E-state index is -0.264. The Morgan fingerprint density at radius 3 is 2.00 bits per heavy atom. The SMILES string of the molecule is Fc1ccc(Cc2nn3c(Cc4ccc(F)cc4)nnc3s2)cc1. The fourth-order valence-corrected chi connectivity index (χ4v) is 3.33. The zero-order valence-electron chi connectivity index (χ0n) is 12.5. The van der Waals surface area contributed by atoms with E-state index in [9.17, 15) is 8.78 Å². The first-order valence-electron chi connectivity index (χ1n) is 7.36. The van der Waals surface area contributed by atoms with Crippen LogP contribution in [0.25, 0.3) is 4.96 Å². The summed E-state index contributed by atoms with van der Waals surface area (Å²) in [4.78, 5) is 0.712. The van der Waals surface area contributed by atoms with E-state index in [1.165, 1.54) is 35.6 Å². The van der Waals surface area contributed by atoms with E-state index in [-0.39, 0.29) is 11.6 Å². The summed E-state index contributed by atoms with van der Waals surface area (Å²) < 4.78 is 27.7. The molecule has 4 nitrogen and oxygen atoms in total. The molecule has 0 unspecified atom stereocenters. The van der Waals surface area contributed by atoms with Gasteiger partial charge in [-0.15, -0.1) is 10.2 Å². The van der Waals surface area contributed by atoms with Crippen molar-refractivity contribution >= 4 is 16.3 Å². The van der Waals surface area contributed by atoms with Gasteiger partial charge in [-0.1, -0.05) is 35.6 Å². The van der Waals surface area contributed by atoms with Crippen LogP contribution in [0.5, 0.6) is 0 Å². The highest BCUT2D eigenvalue weighted by molar-refractivity contribution is 7.16. The molecule has 0 fully saturated rings. The molecule has 0 bridgehead atoms. The molecule has 2 aromatic carbocycles. The van der Waals surface area contributed by atoms with Crippen LogP contribution < -0.4 is 0 Å². The zero-order valence-corrected chi connectivity index (χ0v) is 13.3. The third-order valence-electron chi connectivity index (χ3n) is 3.64. The van der Waals surface area contributed by atoms with E-state index in [1.54, 1.807) is 28.8 Å². The first-order valence-corrected chi connectivity index (χ1v) is 8.18. The van der Waals surface area contributed by atoms with Gasteiger partial charge in [-0.3, -0.25) is 0 Å². The number of benzene rings is 2. The first kappa shape index (κ1) is 14.9. The fraction of sp³-hybridized carbons (Fsp3) is 0.118. The quantitative estimate of drug-likeness (QED) is 0.569. The maximum atomic E-state index is 13.0. The van der Waals surface area contributed by atoms with Gasteiger partial charge in [-0.05, 0) is 35.4 Å². The lowest BCUT2D eigenvalue weighted by molar-refractivity contribution is 0.626. The summed E-state index contributed by atoms with van der Waals surface area (Å²) in [7, 11) is 0. The third kappa shape index (κ3) is 3.03. The van der Waals surface area contributed by atoms with Gasteiger partial charge in [0.05, 0.1) is 0 Å². The summed E-state index contributed by atoms with van der Waals surface area (Å²) in [5.74, 6) is 0.192. The van der Waals surface area contributed by atoms with Crippen LogP contribution in [0.2, 0.25) is 0 Å². The second-order valence-electron chi connectivity index (χ2n) is 5.41. The molecular formula is C17H12F2N4S. The first-order chi connectivity index (χ1) is 11.7. The van der Waals surface area contributed by atoms with Gasteiger partial charge < -0.3 is 0 Å². The molecule has 2 aromatic heterocycles. The van der Waals surface area contributed by atoms with Crippen molar-refractivity contribution in [1.29, 1.82) is 0 Å². The smallest absolute Gasteiger partial charge is 0.207 e. The van der Waals surface area contributed by atoms with E-state index in [2.05, 4.69) is 15.3 Å². The van der Waals surface area contributed by atoms with Crippen molar-refractivity contribution in [3.63, 3.8) is 0 Å². The lowest BCUT2D eigenvalue weighted by Crippen LogP contribution is -1.99. The van der Waals surface area contributed by atoms with Crippen molar-refractivity contribution in [2.24, 2.45) is 0 Å². The summed E-state index contributed by atoms with van der Waals surface area (Å²) >= 11 is 1.45. The monoisotopic (exact) mass is 342 g/mol. The fourth-order valence-electron chi connectivity index (χ4n) is 2.44. The second-order valence-corrected chi connectivity index (χ2v) is 6.45. The average molecular weight is 342 g/mol. The van der Waals surface area contributed by atoms with Gasteiger partial charge in [-0.2, -0.15) is 9.61 Å². The average Bonchev–Trinajstić information content (AvgIpc) is 3.13. The highest BCUT2D eigenvalue weighted by Crippen LogP contribution is 2.19. The van der Waals surface area contributed by atoms with E-state index < -0.39 is 0 Å². The minimum absolute atomic E-state index is 0.251. The van der Waals surface area contributed by atoms with Crippen molar-refractivity contribution in [3.05, 3.63) is 82.1 Å². The molecule has 0 amide bonds. The van der Waals surface area contributed by atoms with Crippen LogP contribution in [-0.2, 0) is 12.8 Å². The van der Waals surface area contributed by atoms with Gasteiger partial charge in [0.1, 0.15) is 16.6 Å². The summed E-state index contributed by atoms with van der Waals surface area (Å²) in [5.41, 5.74) is 1.93. The van der Waals surface area contributed by atoms with Gasteiger partial charge in [0, 0.05) is 12.8 Å². The number of nitrogens with zero attached hydrogens (tertiary/aromatic N) is 4. The predicted molar refractivity (Wildman–Crippen MR) is 87.1 cm³/mol. The van der Waals surface area contributed by atoms with Crippen LogP contribution in [0, 0.1) is 11.6 Å². The van der Waals surface area contributed by atoms with Crippen molar-refractivity contribution in [1.82, 2.24) is 19.8 Å². The Balaban J connectivity index is 1.58. The Hall–Kier alpha value is -2.67. The molecule has 24 heavy (non-hydrogen) atoms. The molecule has 0 radical (unpaired) electrons. The molecule has 0 saturated carbocycles. The number of fused-ring (bicyclic) bond motifs is 1. The lowest BCUT2D eigenvalue weighted by atomic mass is 10.1. The number of hydrogen-bond donors (Lipinski definition) is 0. The van der Waals surface area contributed by atoms with Gasteiger partial charge in [0.25, 0.3) is 0 Å². The Morgan fingerprint density at radius 2 is 1.38 bits per heavy atom. The zero-order chi connectivity index (χ0) is 16.5. The van der Waals surface area contributed by atoms with Crippen LogP contribution in [0.3, 0.4) is 0 Å². The topological polar surface area (TPSA) is 43.1 Å². The molecule has 7 heteroatoms. The highest BCUT2D eigenvalue weighted by atomic mass is 32.1. The molecule has 0 aliphatic rings. The molecule has 2 heterocycles. The van der Waals surface area contributed by atoms with E-state index in [0.717, 1.165) is 16.1 Å². The number of hydrogen-bond acceptors (Lipinski definition) is 4. The minimum Gasteiger partial charge on any atom is -0.207 e. The van der Waals surface area contributed by atoms with E-state index in [1.807, 2.05) is 0 Å². The summed E-state index contributed by atoms with van der Waals surface area (Å²) in [5, 5.41) is 13.7. The van der Waals surface area contributed by atoms with Gasteiger partial charge >= 0.3 is 0 Å². The molecule has 0 saturated heterocycles. The van der Waals surface area contributed by atoms with Crippen LogP contribution in [0.15, 0.2) is 48.5 Å². The highest BCUT2D eigenvalue weighted by Gasteiger charge is 2.12. The summed E-state index contributed by atoms with van der Waals surface area (Å²) in [6.07, 6.45) is 1.14. The van der Waals surface area contributed by atoms with Crippen molar-refractivity contribution in [2.75, 3.05) is 0 Å². The summed E-state index contributed by atoms with van der Waals surface area (Å²) in [6.45, 7) is 0.